The predicted molar refractivity (Wildman–Crippen MR) is 140 cm³/mol. The fraction of sp³-hybridized carbons (Fsp3) is 0.967. The van der Waals surface area contributed by atoms with Crippen molar-refractivity contribution in [3.63, 3.8) is 0 Å². The largest absolute Gasteiger partial charge is 0.463 e. The van der Waals surface area contributed by atoms with E-state index in [4.69, 9.17) is 9.47 Å². The first kappa shape index (κ1) is 25.2. The number of esters is 1. The van der Waals surface area contributed by atoms with Crippen molar-refractivity contribution in [3.05, 3.63) is 0 Å². The van der Waals surface area contributed by atoms with E-state index in [1.165, 1.54) is 57.8 Å². The van der Waals surface area contributed by atoms with Gasteiger partial charge in [0.2, 0.25) is 0 Å². The van der Waals surface area contributed by atoms with E-state index in [0.29, 0.717) is 17.6 Å². The first-order valence-electron chi connectivity index (χ1n) is 14.9. The van der Waals surface area contributed by atoms with Crippen molar-refractivity contribution < 1.29 is 14.3 Å². The Balaban J connectivity index is 1.37. The summed E-state index contributed by atoms with van der Waals surface area (Å²) < 4.78 is 12.6. The standard InChI is InChI=1S/C30H51BO3/c1-18(2)8-7-9-19(3)24-10-11-25-23-16-27-30(31)17-22(34-21(5)32)12-15-29(30,20(4)33-27)26(23)13-14-28(24,25)6/h18-20,22-27H,7-17,31H2,1-6H3/t19-,20-,22+,23+,24-,25+,26+,27-,28-,29+,30+/m1/s1. The molecule has 1 heterocycles. The number of hydrogen-bond donors (Lipinski definition) is 0. The lowest BCUT2D eigenvalue weighted by molar-refractivity contribution is -0.157. The first-order chi connectivity index (χ1) is 16.0. The molecule has 1 aliphatic heterocycles. The van der Waals surface area contributed by atoms with E-state index in [0.717, 1.165) is 48.3 Å². The average Bonchev–Trinajstić information content (AvgIpc) is 3.15. The molecule has 192 valence electrons. The van der Waals surface area contributed by atoms with Crippen LogP contribution in [-0.4, -0.2) is 32.1 Å². The first-order valence-corrected chi connectivity index (χ1v) is 14.9. The summed E-state index contributed by atoms with van der Waals surface area (Å²) in [7, 11) is 2.51. The van der Waals surface area contributed by atoms with Gasteiger partial charge in [-0.1, -0.05) is 47.0 Å². The topological polar surface area (TPSA) is 35.5 Å². The molecule has 3 nitrogen and oxygen atoms in total. The number of carbonyl (C=O) groups excluding carboxylic acids is 1. The highest BCUT2D eigenvalue weighted by atomic mass is 16.5. The molecule has 0 aromatic heterocycles. The fourth-order valence-electron chi connectivity index (χ4n) is 11.2. The molecule has 0 aromatic rings. The van der Waals surface area contributed by atoms with Crippen LogP contribution < -0.4 is 0 Å². The molecule has 5 fully saturated rings. The zero-order valence-electron chi connectivity index (χ0n) is 23.2. The van der Waals surface area contributed by atoms with Gasteiger partial charge >= 0.3 is 5.97 Å². The van der Waals surface area contributed by atoms with Crippen molar-refractivity contribution in [2.45, 2.75) is 136 Å². The van der Waals surface area contributed by atoms with E-state index in [1.54, 1.807) is 6.92 Å². The second kappa shape index (κ2) is 8.81. The van der Waals surface area contributed by atoms with Crippen LogP contribution in [0.4, 0.5) is 0 Å². The quantitative estimate of drug-likeness (QED) is 0.324. The zero-order chi connectivity index (χ0) is 24.5. The van der Waals surface area contributed by atoms with Crippen LogP contribution in [0, 0.1) is 46.3 Å². The predicted octanol–water partition coefficient (Wildman–Crippen LogP) is 6.59. The number of rotatable bonds is 6. The third kappa shape index (κ3) is 3.58. The van der Waals surface area contributed by atoms with Crippen LogP contribution in [0.1, 0.15) is 112 Å². The van der Waals surface area contributed by atoms with Crippen LogP contribution in [0.5, 0.6) is 0 Å². The van der Waals surface area contributed by atoms with Crippen LogP contribution in [0.25, 0.3) is 0 Å². The van der Waals surface area contributed by atoms with Crippen LogP contribution in [0.2, 0.25) is 5.31 Å². The molecule has 0 spiro atoms. The number of ether oxygens (including phenoxy) is 2. The Morgan fingerprint density at radius 3 is 2.56 bits per heavy atom. The number of fused-ring (bicyclic) bond motifs is 3. The zero-order valence-corrected chi connectivity index (χ0v) is 23.2. The molecule has 4 saturated carbocycles. The van der Waals surface area contributed by atoms with Crippen molar-refractivity contribution in [2.75, 3.05) is 0 Å². The van der Waals surface area contributed by atoms with E-state index in [1.807, 2.05) is 0 Å². The lowest BCUT2D eigenvalue weighted by Crippen LogP contribution is -2.60. The highest BCUT2D eigenvalue weighted by Crippen LogP contribution is 2.77. The van der Waals surface area contributed by atoms with Crippen molar-refractivity contribution in [3.8, 4) is 0 Å². The van der Waals surface area contributed by atoms with Gasteiger partial charge in [-0.15, -0.1) is 0 Å². The van der Waals surface area contributed by atoms with Gasteiger partial charge in [-0.3, -0.25) is 4.79 Å². The van der Waals surface area contributed by atoms with Crippen LogP contribution in [-0.2, 0) is 14.3 Å². The molecule has 5 aliphatic rings. The van der Waals surface area contributed by atoms with Gasteiger partial charge < -0.3 is 9.47 Å². The fourth-order valence-corrected chi connectivity index (χ4v) is 11.2. The Bertz CT molecular complexity index is 783. The van der Waals surface area contributed by atoms with E-state index < -0.39 is 0 Å². The minimum Gasteiger partial charge on any atom is -0.463 e. The summed E-state index contributed by atoms with van der Waals surface area (Å²) in [6.07, 6.45) is 15.1. The minimum atomic E-state index is -0.118. The van der Waals surface area contributed by atoms with Crippen LogP contribution in [0.3, 0.4) is 0 Å². The van der Waals surface area contributed by atoms with Gasteiger partial charge in [-0.25, -0.2) is 0 Å². The molecule has 11 atom stereocenters. The molecule has 0 radical (unpaired) electrons. The number of hydrogen-bond acceptors (Lipinski definition) is 3. The summed E-state index contributed by atoms with van der Waals surface area (Å²) in [6.45, 7) is 14.0. The van der Waals surface area contributed by atoms with Crippen molar-refractivity contribution >= 4 is 13.8 Å². The van der Waals surface area contributed by atoms with E-state index >= 15 is 0 Å². The molecule has 0 N–H and O–H groups in total. The molecule has 0 amide bonds. The maximum atomic E-state index is 11.7. The van der Waals surface area contributed by atoms with Crippen LogP contribution >= 0.6 is 0 Å². The van der Waals surface area contributed by atoms with Gasteiger partial charge in [-0.2, -0.15) is 0 Å². The summed E-state index contributed by atoms with van der Waals surface area (Å²) in [5.41, 5.74) is 0.806. The molecule has 0 unspecified atom stereocenters. The summed E-state index contributed by atoms with van der Waals surface area (Å²) >= 11 is 0. The summed E-state index contributed by atoms with van der Waals surface area (Å²) in [4.78, 5) is 11.7. The third-order valence-electron chi connectivity index (χ3n) is 12.5. The van der Waals surface area contributed by atoms with Gasteiger partial charge in [0, 0.05) is 12.3 Å². The smallest absolute Gasteiger partial charge is 0.302 e. The monoisotopic (exact) mass is 470 g/mol. The normalized spacial score (nSPS) is 50.4. The van der Waals surface area contributed by atoms with Gasteiger partial charge in [0.25, 0.3) is 0 Å². The van der Waals surface area contributed by atoms with Gasteiger partial charge in [0.15, 0.2) is 0 Å². The molecule has 5 rings (SSSR count). The van der Waals surface area contributed by atoms with Crippen molar-refractivity contribution in [2.24, 2.45) is 46.3 Å². The molecule has 2 bridgehead atoms. The summed E-state index contributed by atoms with van der Waals surface area (Å²) in [5.74, 6) is 4.99. The maximum absolute atomic E-state index is 11.7. The SMILES string of the molecule is B[C@]12C[C@@H](OC(C)=O)CC[C@@]13[C@@H](C)O[C@@H]2C[C@H]1[C@@H]2CC[C@H]([C@H](C)CCCC(C)C)[C@@]2(C)CC[C@@H]13. The molecule has 1 saturated heterocycles. The van der Waals surface area contributed by atoms with Gasteiger partial charge in [0.1, 0.15) is 14.0 Å². The van der Waals surface area contributed by atoms with Gasteiger partial charge in [-0.05, 0) is 105 Å². The second-order valence-electron chi connectivity index (χ2n) is 14.3. The van der Waals surface area contributed by atoms with Crippen molar-refractivity contribution in [1.82, 2.24) is 0 Å². The summed E-state index contributed by atoms with van der Waals surface area (Å²) in [6, 6.07) is 0. The Kier molecular flexibility index (Phi) is 6.52. The maximum Gasteiger partial charge on any atom is 0.302 e. The minimum absolute atomic E-state index is 0.0833. The Morgan fingerprint density at radius 1 is 1.09 bits per heavy atom. The molecule has 4 aliphatic carbocycles. The Morgan fingerprint density at radius 2 is 1.85 bits per heavy atom. The van der Waals surface area contributed by atoms with Crippen molar-refractivity contribution in [1.29, 1.82) is 0 Å². The molecular weight excluding hydrogens is 419 g/mol. The molecule has 4 heteroatoms. The molecular formula is C30H51BO3. The van der Waals surface area contributed by atoms with E-state index in [-0.39, 0.29) is 22.8 Å². The average molecular weight is 471 g/mol. The molecule has 34 heavy (non-hydrogen) atoms. The highest BCUT2D eigenvalue weighted by molar-refractivity contribution is 6.17. The van der Waals surface area contributed by atoms with E-state index in [9.17, 15) is 4.79 Å². The van der Waals surface area contributed by atoms with Gasteiger partial charge in [0.05, 0.1) is 12.2 Å². The second-order valence-corrected chi connectivity index (χ2v) is 14.3. The van der Waals surface area contributed by atoms with Crippen LogP contribution in [0.15, 0.2) is 0 Å². The lowest BCUT2D eigenvalue weighted by Gasteiger charge is -2.64. The Hall–Kier alpha value is -0.505. The Labute approximate surface area is 210 Å². The third-order valence-corrected chi connectivity index (χ3v) is 12.5. The van der Waals surface area contributed by atoms with E-state index in [2.05, 4.69) is 42.5 Å². The number of carbonyl (C=O) groups is 1. The lowest BCUT2D eigenvalue weighted by atomic mass is 9.34. The highest BCUT2D eigenvalue weighted by Gasteiger charge is 2.73. The summed E-state index contributed by atoms with van der Waals surface area (Å²) in [5, 5.41) is 0.155. The molecule has 0 aromatic carbocycles.